The van der Waals surface area contributed by atoms with Crippen molar-refractivity contribution in [2.45, 2.75) is 182 Å². The lowest BCUT2D eigenvalue weighted by molar-refractivity contribution is 0.330. The maximum Gasteiger partial charge on any atom is 0.252 e. The predicted molar refractivity (Wildman–Crippen MR) is 301 cm³/mol. The molecule has 3 aliphatic heterocycles. The van der Waals surface area contributed by atoms with E-state index in [-0.39, 0.29) is 50.2 Å². The highest BCUT2D eigenvalue weighted by molar-refractivity contribution is 7.00. The van der Waals surface area contributed by atoms with Crippen LogP contribution < -0.4 is 31.1 Å². The number of anilines is 8. The van der Waals surface area contributed by atoms with Crippen LogP contribution >= 0.6 is 0 Å². The molecule has 1 saturated carbocycles. The average Bonchev–Trinajstić information content (AvgIpc) is 3.55. The number of rotatable bonds is 3. The Bertz CT molecular complexity index is 3030. The summed E-state index contributed by atoms with van der Waals surface area (Å²) in [6.45, 7) is 45.3. The van der Waals surface area contributed by atoms with Gasteiger partial charge in [0, 0.05) is 50.9 Å². The van der Waals surface area contributed by atoms with Crippen LogP contribution in [0, 0.1) is 5.41 Å². The lowest BCUT2D eigenvalue weighted by atomic mass is 9.33. The van der Waals surface area contributed by atoms with Crippen LogP contribution in [0.15, 0.2) is 115 Å². The standard InChI is InChI=1S/C65H80BN3/c1-58(2,3)41-20-26-46(27-21-41)67-53-33-25-44(61(10,11)12)35-51(53)66-50-31-30-48(69-52-32-24-43(60(7,8)9)34-49(52)64(18)39-63(16,17)40-65(64,69)19)38-54(50)68(47-28-22-42(23-29-47)59(4,5)6)56-37-45(62(13,14)15)36-55(67)57(56)66/h20-38H,39-40H2,1-19H3. The van der Waals surface area contributed by atoms with E-state index in [0.717, 1.165) is 12.8 Å². The van der Waals surface area contributed by atoms with Gasteiger partial charge in [0.25, 0.3) is 6.71 Å². The molecule has 10 rings (SSSR count). The highest BCUT2D eigenvalue weighted by Gasteiger charge is 2.64. The van der Waals surface area contributed by atoms with E-state index in [1.807, 2.05) is 0 Å². The summed E-state index contributed by atoms with van der Waals surface area (Å²) in [7, 11) is 0. The SMILES string of the molecule is CC1(C)CC2(C)c3cc(C(C)(C)C)ccc3N(c3ccc4c(c3)N(c3ccc(C(C)(C)C)cc3)c3cc(C(C)(C)C)cc5c3B4c3cc(C(C)(C)C)ccc3N5c3ccc(C(C)(C)C)cc3)C2(C)C1. The van der Waals surface area contributed by atoms with E-state index >= 15 is 0 Å². The number of hydrogen-bond donors (Lipinski definition) is 0. The molecule has 69 heavy (non-hydrogen) atoms. The van der Waals surface area contributed by atoms with Crippen molar-refractivity contribution >= 4 is 68.6 Å². The lowest BCUT2D eigenvalue weighted by Crippen LogP contribution is -2.61. The summed E-state index contributed by atoms with van der Waals surface area (Å²) in [5, 5.41) is 0. The van der Waals surface area contributed by atoms with Crippen molar-refractivity contribution < 1.29 is 0 Å². The first kappa shape index (κ1) is 47.5. The highest BCUT2D eigenvalue weighted by Crippen LogP contribution is 2.67. The number of hydrogen-bond acceptors (Lipinski definition) is 3. The molecule has 1 aliphatic carbocycles. The molecule has 6 aromatic carbocycles. The van der Waals surface area contributed by atoms with Crippen LogP contribution in [-0.4, -0.2) is 12.3 Å². The number of benzene rings is 6. The van der Waals surface area contributed by atoms with Gasteiger partial charge in [0.2, 0.25) is 0 Å². The first-order chi connectivity index (χ1) is 31.8. The molecular formula is C65H80BN3. The Morgan fingerprint density at radius 1 is 0.377 bits per heavy atom. The lowest BCUT2D eigenvalue weighted by Gasteiger charge is -2.46. The van der Waals surface area contributed by atoms with Crippen molar-refractivity contribution in [1.29, 1.82) is 0 Å². The zero-order valence-electron chi connectivity index (χ0n) is 45.8. The third kappa shape index (κ3) is 7.42. The smallest absolute Gasteiger partial charge is 0.252 e. The summed E-state index contributed by atoms with van der Waals surface area (Å²) in [4.78, 5) is 8.03. The molecule has 0 bridgehead atoms. The number of nitrogens with zero attached hydrogens (tertiary/aromatic N) is 3. The molecule has 0 amide bonds. The molecule has 4 heteroatoms. The van der Waals surface area contributed by atoms with Gasteiger partial charge in [-0.15, -0.1) is 0 Å². The van der Waals surface area contributed by atoms with Crippen molar-refractivity contribution in [3.8, 4) is 0 Å². The Morgan fingerprint density at radius 2 is 0.812 bits per heavy atom. The Labute approximate surface area is 417 Å². The molecule has 0 radical (unpaired) electrons. The number of fused-ring (bicyclic) bond motifs is 7. The molecule has 358 valence electrons. The second-order valence-electron chi connectivity index (χ2n) is 28.1. The largest absolute Gasteiger partial charge is 0.334 e. The zero-order chi connectivity index (χ0) is 50.0. The zero-order valence-corrected chi connectivity index (χ0v) is 45.8. The first-order valence-corrected chi connectivity index (χ1v) is 26.1. The van der Waals surface area contributed by atoms with Crippen LogP contribution in [0.3, 0.4) is 0 Å². The maximum absolute atomic E-state index is 2.78. The van der Waals surface area contributed by atoms with E-state index in [9.17, 15) is 0 Å². The van der Waals surface area contributed by atoms with Gasteiger partial charge in [0.15, 0.2) is 0 Å². The van der Waals surface area contributed by atoms with E-state index in [4.69, 9.17) is 0 Å². The third-order valence-electron chi connectivity index (χ3n) is 17.1. The predicted octanol–water partition coefficient (Wildman–Crippen LogP) is 16.2. The van der Waals surface area contributed by atoms with Crippen molar-refractivity contribution in [1.82, 2.24) is 0 Å². The molecule has 3 nitrogen and oxygen atoms in total. The summed E-state index contributed by atoms with van der Waals surface area (Å²) in [6.07, 6.45) is 2.27. The highest BCUT2D eigenvalue weighted by atomic mass is 15.3. The minimum absolute atomic E-state index is 0.0191. The van der Waals surface area contributed by atoms with E-state index in [0.29, 0.717) is 0 Å². The molecule has 1 fully saturated rings. The van der Waals surface area contributed by atoms with Crippen molar-refractivity contribution in [3.05, 3.63) is 149 Å². The van der Waals surface area contributed by atoms with Gasteiger partial charge in [-0.2, -0.15) is 0 Å². The fourth-order valence-corrected chi connectivity index (χ4v) is 13.2. The van der Waals surface area contributed by atoms with E-state index in [1.54, 1.807) is 0 Å². The molecule has 6 aromatic rings. The van der Waals surface area contributed by atoms with Crippen LogP contribution in [-0.2, 0) is 32.5 Å². The van der Waals surface area contributed by atoms with E-state index in [1.165, 1.54) is 95.3 Å². The molecule has 0 aromatic heterocycles. The van der Waals surface area contributed by atoms with Gasteiger partial charge >= 0.3 is 0 Å². The Kier molecular flexibility index (Phi) is 10.3. The summed E-state index contributed by atoms with van der Waals surface area (Å²) < 4.78 is 0. The first-order valence-electron chi connectivity index (χ1n) is 26.1. The minimum Gasteiger partial charge on any atom is -0.334 e. The van der Waals surface area contributed by atoms with Crippen LogP contribution in [0.4, 0.5) is 45.5 Å². The van der Waals surface area contributed by atoms with Crippen molar-refractivity contribution in [2.75, 3.05) is 14.7 Å². The van der Waals surface area contributed by atoms with E-state index < -0.39 is 0 Å². The molecule has 0 saturated heterocycles. The molecular weight excluding hydrogens is 834 g/mol. The average molecular weight is 914 g/mol. The van der Waals surface area contributed by atoms with Gasteiger partial charge in [0.1, 0.15) is 0 Å². The maximum atomic E-state index is 2.78. The fraction of sp³-hybridized carbons (Fsp3) is 0.446. The Morgan fingerprint density at radius 3 is 1.30 bits per heavy atom. The molecule has 2 atom stereocenters. The monoisotopic (exact) mass is 914 g/mol. The van der Waals surface area contributed by atoms with Crippen LogP contribution in [0.2, 0.25) is 0 Å². The van der Waals surface area contributed by atoms with Gasteiger partial charge in [-0.1, -0.05) is 179 Å². The van der Waals surface area contributed by atoms with Crippen molar-refractivity contribution in [3.63, 3.8) is 0 Å². The molecule has 0 N–H and O–H groups in total. The minimum atomic E-state index is -0.121. The molecule has 4 aliphatic rings. The van der Waals surface area contributed by atoms with Gasteiger partial charge in [-0.3, -0.25) is 0 Å². The summed E-state index contributed by atoms with van der Waals surface area (Å²) >= 11 is 0. The fourth-order valence-electron chi connectivity index (χ4n) is 13.2. The normalized spacial score (nSPS) is 20.7. The van der Waals surface area contributed by atoms with Crippen LogP contribution in [0.25, 0.3) is 0 Å². The quantitative estimate of drug-likeness (QED) is 0.164. The Hall–Kier alpha value is -5.22. The molecule has 3 heterocycles. The van der Waals surface area contributed by atoms with Gasteiger partial charge in [-0.05, 0) is 163 Å². The second-order valence-corrected chi connectivity index (χ2v) is 28.1. The third-order valence-corrected chi connectivity index (χ3v) is 17.1. The summed E-state index contributed by atoms with van der Waals surface area (Å²) in [5.41, 5.74) is 22.6. The van der Waals surface area contributed by atoms with Gasteiger partial charge in [0.05, 0.1) is 5.54 Å². The summed E-state index contributed by atoms with van der Waals surface area (Å²) in [6, 6.07) is 46.5. The van der Waals surface area contributed by atoms with Crippen LogP contribution in [0.5, 0.6) is 0 Å². The second kappa shape index (κ2) is 14.9. The van der Waals surface area contributed by atoms with Gasteiger partial charge in [-0.25, -0.2) is 0 Å². The van der Waals surface area contributed by atoms with Gasteiger partial charge < -0.3 is 14.7 Å². The van der Waals surface area contributed by atoms with Crippen molar-refractivity contribution in [2.24, 2.45) is 5.41 Å². The van der Waals surface area contributed by atoms with E-state index in [2.05, 4.69) is 262 Å². The Balaban J connectivity index is 1.29. The molecule has 0 spiro atoms. The molecule has 2 unspecified atom stereocenters. The topological polar surface area (TPSA) is 9.72 Å². The summed E-state index contributed by atoms with van der Waals surface area (Å²) in [5.74, 6) is 0. The van der Waals surface area contributed by atoms with Crippen LogP contribution in [0.1, 0.15) is 178 Å².